The normalized spacial score (nSPS) is 12.6. The molecule has 1 N–H and O–H groups in total. The fourth-order valence-electron chi connectivity index (χ4n) is 2.41. The van der Waals surface area contributed by atoms with E-state index in [9.17, 15) is 0 Å². The van der Waals surface area contributed by atoms with Gasteiger partial charge in [-0.3, -0.25) is 4.68 Å². The summed E-state index contributed by atoms with van der Waals surface area (Å²) < 4.78 is 3.10. The first kappa shape index (κ1) is 15.3. The molecule has 1 aromatic heterocycles. The number of aromatic nitrogens is 2. The van der Waals surface area contributed by atoms with Gasteiger partial charge in [0.15, 0.2) is 0 Å². The van der Waals surface area contributed by atoms with Gasteiger partial charge in [0.05, 0.1) is 5.69 Å². The molecule has 0 bridgehead atoms. The molecule has 4 heteroatoms. The number of aryl methyl sites for hydroxylation is 2. The van der Waals surface area contributed by atoms with E-state index in [0.717, 1.165) is 29.6 Å². The second-order valence-corrected chi connectivity index (χ2v) is 6.08. The highest BCUT2D eigenvalue weighted by Crippen LogP contribution is 2.22. The second-order valence-electron chi connectivity index (χ2n) is 5.17. The minimum atomic E-state index is 0.322. The molecule has 0 aliphatic heterocycles. The van der Waals surface area contributed by atoms with Gasteiger partial charge in [-0.2, -0.15) is 5.10 Å². The van der Waals surface area contributed by atoms with Crippen LogP contribution in [-0.2, 0) is 13.5 Å². The summed E-state index contributed by atoms with van der Waals surface area (Å²) in [6.45, 7) is 5.25. The average Bonchev–Trinajstić information content (AvgIpc) is 2.72. The second kappa shape index (κ2) is 7.04. The van der Waals surface area contributed by atoms with Gasteiger partial charge in [-0.1, -0.05) is 35.0 Å². The fraction of sp³-hybridized carbons (Fsp3) is 0.438. The summed E-state index contributed by atoms with van der Waals surface area (Å²) in [6, 6.07) is 11.0. The van der Waals surface area contributed by atoms with Crippen molar-refractivity contribution in [1.29, 1.82) is 0 Å². The molecule has 20 heavy (non-hydrogen) atoms. The third-order valence-corrected chi connectivity index (χ3v) is 3.90. The zero-order valence-corrected chi connectivity index (χ0v) is 13.9. The Kier molecular flexibility index (Phi) is 5.38. The Bertz CT molecular complexity index is 563. The first-order valence-electron chi connectivity index (χ1n) is 7.08. The third kappa shape index (κ3) is 3.93. The van der Waals surface area contributed by atoms with E-state index in [0.29, 0.717) is 6.04 Å². The molecule has 0 saturated heterocycles. The molecule has 3 nitrogen and oxygen atoms in total. The summed E-state index contributed by atoms with van der Waals surface area (Å²) >= 11 is 3.56. The molecule has 1 heterocycles. The smallest absolute Gasteiger partial charge is 0.0596 e. The van der Waals surface area contributed by atoms with Crippen LogP contribution in [0.25, 0.3) is 0 Å². The van der Waals surface area contributed by atoms with Gasteiger partial charge in [0.25, 0.3) is 0 Å². The summed E-state index contributed by atoms with van der Waals surface area (Å²) in [7, 11) is 2.01. The Hall–Kier alpha value is -1.13. The Morgan fingerprint density at radius 1 is 1.35 bits per heavy atom. The molecule has 2 aromatic rings. The van der Waals surface area contributed by atoms with E-state index in [1.165, 1.54) is 11.3 Å². The van der Waals surface area contributed by atoms with E-state index in [1.807, 2.05) is 18.7 Å². The molecule has 0 spiro atoms. The van der Waals surface area contributed by atoms with Crippen LogP contribution in [0.15, 0.2) is 34.8 Å². The van der Waals surface area contributed by atoms with E-state index in [4.69, 9.17) is 0 Å². The van der Waals surface area contributed by atoms with Gasteiger partial charge in [-0.15, -0.1) is 0 Å². The average molecular weight is 336 g/mol. The first-order chi connectivity index (χ1) is 9.60. The highest BCUT2D eigenvalue weighted by molar-refractivity contribution is 9.10. The van der Waals surface area contributed by atoms with E-state index in [-0.39, 0.29) is 0 Å². The van der Waals surface area contributed by atoms with Gasteiger partial charge < -0.3 is 5.32 Å². The van der Waals surface area contributed by atoms with Crippen LogP contribution in [0, 0.1) is 6.92 Å². The number of rotatable bonds is 6. The van der Waals surface area contributed by atoms with Crippen LogP contribution in [0.5, 0.6) is 0 Å². The van der Waals surface area contributed by atoms with Crippen molar-refractivity contribution in [3.8, 4) is 0 Å². The van der Waals surface area contributed by atoms with Gasteiger partial charge in [-0.05, 0) is 43.7 Å². The van der Waals surface area contributed by atoms with E-state index in [1.54, 1.807) is 0 Å². The summed E-state index contributed by atoms with van der Waals surface area (Å²) in [6.07, 6.45) is 2.09. The van der Waals surface area contributed by atoms with Crippen LogP contribution in [0.1, 0.15) is 36.3 Å². The number of nitrogens with one attached hydrogen (secondary N) is 1. The molecular formula is C16H22BrN3. The molecule has 1 aromatic carbocycles. The van der Waals surface area contributed by atoms with Gasteiger partial charge in [0, 0.05) is 29.7 Å². The molecule has 0 amide bonds. The van der Waals surface area contributed by atoms with Crippen molar-refractivity contribution in [2.45, 2.75) is 32.7 Å². The van der Waals surface area contributed by atoms with Gasteiger partial charge in [0.1, 0.15) is 0 Å². The quantitative estimate of drug-likeness (QED) is 0.870. The van der Waals surface area contributed by atoms with Crippen LogP contribution in [0.4, 0.5) is 0 Å². The van der Waals surface area contributed by atoms with Crippen molar-refractivity contribution >= 4 is 15.9 Å². The Morgan fingerprint density at radius 3 is 2.75 bits per heavy atom. The molecule has 0 aliphatic carbocycles. The highest BCUT2D eigenvalue weighted by atomic mass is 79.9. The van der Waals surface area contributed by atoms with Crippen LogP contribution < -0.4 is 5.32 Å². The minimum absolute atomic E-state index is 0.322. The molecule has 1 atom stereocenters. The number of halogens is 1. The summed E-state index contributed by atoms with van der Waals surface area (Å²) in [5.74, 6) is 0. The van der Waals surface area contributed by atoms with Crippen molar-refractivity contribution in [1.82, 2.24) is 15.1 Å². The SMILES string of the molecule is CCCNC(Cc1cc(C)nn1C)c1cccc(Br)c1. The number of benzene rings is 1. The Labute approximate surface area is 129 Å². The minimum Gasteiger partial charge on any atom is -0.310 e. The molecular weight excluding hydrogens is 314 g/mol. The van der Waals surface area contributed by atoms with Crippen molar-refractivity contribution in [2.75, 3.05) is 6.54 Å². The number of nitrogens with zero attached hydrogens (tertiary/aromatic N) is 2. The molecule has 1 unspecified atom stereocenters. The summed E-state index contributed by atoms with van der Waals surface area (Å²) in [5.41, 5.74) is 3.65. The Morgan fingerprint density at radius 2 is 2.15 bits per heavy atom. The van der Waals surface area contributed by atoms with E-state index >= 15 is 0 Å². The van der Waals surface area contributed by atoms with Crippen molar-refractivity contribution in [3.05, 3.63) is 51.8 Å². The maximum Gasteiger partial charge on any atom is 0.0596 e. The topological polar surface area (TPSA) is 29.9 Å². The molecule has 108 valence electrons. The lowest BCUT2D eigenvalue weighted by Crippen LogP contribution is -2.25. The molecule has 2 rings (SSSR count). The molecule has 0 aliphatic rings. The van der Waals surface area contributed by atoms with Gasteiger partial charge in [0.2, 0.25) is 0 Å². The van der Waals surface area contributed by atoms with Crippen LogP contribution in [0.3, 0.4) is 0 Å². The van der Waals surface area contributed by atoms with Crippen molar-refractivity contribution in [3.63, 3.8) is 0 Å². The zero-order chi connectivity index (χ0) is 14.5. The first-order valence-corrected chi connectivity index (χ1v) is 7.87. The highest BCUT2D eigenvalue weighted by Gasteiger charge is 2.14. The predicted octanol–water partition coefficient (Wildman–Crippen LogP) is 3.77. The summed E-state index contributed by atoms with van der Waals surface area (Å²) in [5, 5.41) is 8.07. The van der Waals surface area contributed by atoms with Gasteiger partial charge in [-0.25, -0.2) is 0 Å². The van der Waals surface area contributed by atoms with E-state index < -0.39 is 0 Å². The maximum absolute atomic E-state index is 4.44. The Balaban J connectivity index is 2.21. The maximum atomic E-state index is 4.44. The van der Waals surface area contributed by atoms with Crippen LogP contribution >= 0.6 is 15.9 Å². The van der Waals surface area contributed by atoms with Crippen LogP contribution in [-0.4, -0.2) is 16.3 Å². The monoisotopic (exact) mass is 335 g/mol. The number of hydrogen-bond donors (Lipinski definition) is 1. The standard InChI is InChI=1S/C16H22BrN3/c1-4-8-18-16(13-6-5-7-14(17)10-13)11-15-9-12(2)19-20(15)3/h5-7,9-10,16,18H,4,8,11H2,1-3H3. The lowest BCUT2D eigenvalue weighted by molar-refractivity contribution is 0.512. The molecule has 0 fully saturated rings. The predicted molar refractivity (Wildman–Crippen MR) is 86.8 cm³/mol. The van der Waals surface area contributed by atoms with Crippen molar-refractivity contribution in [2.24, 2.45) is 7.05 Å². The van der Waals surface area contributed by atoms with Crippen molar-refractivity contribution < 1.29 is 0 Å². The lowest BCUT2D eigenvalue weighted by atomic mass is 10.0. The number of hydrogen-bond acceptors (Lipinski definition) is 2. The van der Waals surface area contributed by atoms with Crippen LogP contribution in [0.2, 0.25) is 0 Å². The lowest BCUT2D eigenvalue weighted by Gasteiger charge is -2.19. The zero-order valence-electron chi connectivity index (χ0n) is 12.4. The summed E-state index contributed by atoms with van der Waals surface area (Å²) in [4.78, 5) is 0. The molecule has 0 saturated carbocycles. The third-order valence-electron chi connectivity index (χ3n) is 3.40. The largest absolute Gasteiger partial charge is 0.310 e. The fourth-order valence-corrected chi connectivity index (χ4v) is 2.83. The van der Waals surface area contributed by atoms with E-state index in [2.05, 4.69) is 63.6 Å². The van der Waals surface area contributed by atoms with Gasteiger partial charge >= 0.3 is 0 Å². The molecule has 0 radical (unpaired) electrons.